The first-order chi connectivity index (χ1) is 15.0. The number of carbonyl (C=O) groups is 3. The molecule has 1 aliphatic heterocycles. The van der Waals surface area contributed by atoms with E-state index >= 15 is 0 Å². The molecule has 0 aromatic heterocycles. The maximum atomic E-state index is 12.8. The van der Waals surface area contributed by atoms with E-state index in [9.17, 15) is 14.4 Å². The molecule has 0 atom stereocenters. The van der Waals surface area contributed by atoms with E-state index in [0.29, 0.717) is 28.7 Å². The lowest BCUT2D eigenvalue weighted by molar-refractivity contribution is -0.144. The van der Waals surface area contributed by atoms with Gasteiger partial charge < -0.3 is 9.47 Å². The molecule has 6 nitrogen and oxygen atoms in total. The van der Waals surface area contributed by atoms with Gasteiger partial charge in [-0.1, -0.05) is 46.3 Å². The summed E-state index contributed by atoms with van der Waals surface area (Å²) in [5.41, 5.74) is 1.03. The van der Waals surface area contributed by atoms with Crippen molar-refractivity contribution < 1.29 is 23.9 Å². The fourth-order valence-corrected chi connectivity index (χ4v) is 3.99. The van der Waals surface area contributed by atoms with Crippen molar-refractivity contribution in [3.05, 3.63) is 76.3 Å². The molecule has 0 unspecified atom stereocenters. The highest BCUT2D eigenvalue weighted by Crippen LogP contribution is 2.30. The maximum absolute atomic E-state index is 12.8. The molecular formula is C24H20BrNO5. The Bertz CT molecular complexity index is 1110. The van der Waals surface area contributed by atoms with E-state index in [2.05, 4.69) is 15.9 Å². The van der Waals surface area contributed by atoms with Crippen LogP contribution in [0.4, 0.5) is 0 Å². The largest absolute Gasteiger partial charge is 0.490 e. The molecular weight excluding hydrogens is 462 g/mol. The van der Waals surface area contributed by atoms with Crippen LogP contribution in [-0.4, -0.2) is 42.4 Å². The first-order valence-corrected chi connectivity index (χ1v) is 10.8. The molecule has 3 aromatic carbocycles. The molecule has 2 amide bonds. The van der Waals surface area contributed by atoms with Crippen LogP contribution in [0.25, 0.3) is 10.8 Å². The first kappa shape index (κ1) is 21.1. The van der Waals surface area contributed by atoms with Crippen LogP contribution in [0.5, 0.6) is 5.75 Å². The molecule has 0 spiro atoms. The first-order valence-electron chi connectivity index (χ1n) is 9.96. The van der Waals surface area contributed by atoms with Gasteiger partial charge in [0.25, 0.3) is 11.8 Å². The minimum Gasteiger partial charge on any atom is -0.490 e. The van der Waals surface area contributed by atoms with Crippen molar-refractivity contribution in [3.63, 3.8) is 0 Å². The molecule has 7 heteroatoms. The number of ether oxygens (including phenoxy) is 2. The number of hydrogen-bond acceptors (Lipinski definition) is 5. The van der Waals surface area contributed by atoms with Crippen LogP contribution in [-0.2, 0) is 9.53 Å². The van der Waals surface area contributed by atoms with Crippen LogP contribution in [0, 0.1) is 0 Å². The Morgan fingerprint density at radius 2 is 1.58 bits per heavy atom. The average molecular weight is 482 g/mol. The van der Waals surface area contributed by atoms with Gasteiger partial charge in [0.05, 0.1) is 0 Å². The topological polar surface area (TPSA) is 72.9 Å². The van der Waals surface area contributed by atoms with Crippen LogP contribution in [0.15, 0.2) is 65.1 Å². The second kappa shape index (κ2) is 9.31. The van der Waals surface area contributed by atoms with Crippen molar-refractivity contribution >= 4 is 44.5 Å². The highest BCUT2D eigenvalue weighted by Gasteiger charge is 2.32. The van der Waals surface area contributed by atoms with Gasteiger partial charge in [-0.2, -0.15) is 0 Å². The summed E-state index contributed by atoms with van der Waals surface area (Å²) in [6.45, 7) is 0.528. The van der Waals surface area contributed by atoms with Gasteiger partial charge in [-0.25, -0.2) is 0 Å². The second-order valence-corrected chi connectivity index (χ2v) is 8.02. The lowest BCUT2D eigenvalue weighted by atomic mass is 9.94. The monoisotopic (exact) mass is 481 g/mol. The minimum absolute atomic E-state index is 0.111. The van der Waals surface area contributed by atoms with Crippen molar-refractivity contribution in [2.45, 2.75) is 12.8 Å². The maximum Gasteiger partial charge on any atom is 0.305 e. The van der Waals surface area contributed by atoms with E-state index in [1.54, 1.807) is 24.3 Å². The quantitative estimate of drug-likeness (QED) is 0.267. The predicted octanol–water partition coefficient (Wildman–Crippen LogP) is 4.60. The Hall–Kier alpha value is -3.19. The number of nitrogens with zero attached hydrogens (tertiary/aromatic N) is 1. The minimum atomic E-state index is -0.391. The summed E-state index contributed by atoms with van der Waals surface area (Å²) >= 11 is 3.36. The molecule has 0 saturated heterocycles. The van der Waals surface area contributed by atoms with Gasteiger partial charge in [-0.3, -0.25) is 19.3 Å². The third-order valence-electron chi connectivity index (χ3n) is 5.03. The SMILES string of the molecule is O=C(CCCN1C(=O)c2cccc3cccc(c23)C1=O)OCCOc1cccc(Br)c1. The Morgan fingerprint density at radius 3 is 2.26 bits per heavy atom. The van der Waals surface area contributed by atoms with Gasteiger partial charge >= 0.3 is 5.97 Å². The number of rotatable bonds is 8. The molecule has 1 aliphatic rings. The molecule has 0 radical (unpaired) electrons. The number of halogens is 1. The summed E-state index contributed by atoms with van der Waals surface area (Å²) in [5, 5.41) is 1.56. The molecule has 0 saturated carbocycles. The van der Waals surface area contributed by atoms with Crippen LogP contribution >= 0.6 is 15.9 Å². The molecule has 0 aliphatic carbocycles. The number of esters is 1. The molecule has 0 N–H and O–H groups in total. The van der Waals surface area contributed by atoms with Crippen LogP contribution in [0.1, 0.15) is 33.6 Å². The number of carbonyl (C=O) groups excluding carboxylic acids is 3. The predicted molar refractivity (Wildman–Crippen MR) is 119 cm³/mol. The second-order valence-electron chi connectivity index (χ2n) is 7.10. The lowest BCUT2D eigenvalue weighted by Gasteiger charge is -2.27. The smallest absolute Gasteiger partial charge is 0.305 e. The van der Waals surface area contributed by atoms with E-state index in [4.69, 9.17) is 9.47 Å². The Balaban J connectivity index is 1.26. The van der Waals surface area contributed by atoms with Crippen LogP contribution < -0.4 is 4.74 Å². The normalized spacial score (nSPS) is 12.9. The standard InChI is InChI=1S/C24H20BrNO5/c25-17-7-3-8-18(15-17)30-13-14-31-21(27)11-4-12-26-23(28)19-9-1-5-16-6-2-10-20(22(16)19)24(26)29/h1-3,5-10,15H,4,11-14H2. The van der Waals surface area contributed by atoms with E-state index in [1.165, 1.54) is 4.90 Å². The molecule has 0 fully saturated rings. The van der Waals surface area contributed by atoms with Crippen molar-refractivity contribution in [1.82, 2.24) is 4.90 Å². The van der Waals surface area contributed by atoms with Gasteiger partial charge in [0.1, 0.15) is 19.0 Å². The zero-order valence-corrected chi connectivity index (χ0v) is 18.3. The fourth-order valence-electron chi connectivity index (χ4n) is 3.61. The Kier molecular flexibility index (Phi) is 6.32. The van der Waals surface area contributed by atoms with Gasteiger partial charge in [0.2, 0.25) is 0 Å². The number of amides is 2. The summed E-state index contributed by atoms with van der Waals surface area (Å²) in [5.74, 6) is -0.365. The number of hydrogen-bond donors (Lipinski definition) is 0. The van der Waals surface area contributed by atoms with Gasteiger partial charge in [0, 0.05) is 34.0 Å². The molecule has 0 bridgehead atoms. The lowest BCUT2D eigenvalue weighted by Crippen LogP contribution is -2.41. The molecule has 158 valence electrons. The van der Waals surface area contributed by atoms with Crippen molar-refractivity contribution in [3.8, 4) is 5.75 Å². The van der Waals surface area contributed by atoms with Gasteiger partial charge in [-0.15, -0.1) is 0 Å². The number of imide groups is 1. The highest BCUT2D eigenvalue weighted by atomic mass is 79.9. The van der Waals surface area contributed by atoms with Gasteiger partial charge in [0.15, 0.2) is 0 Å². The van der Waals surface area contributed by atoms with Crippen LogP contribution in [0.2, 0.25) is 0 Å². The summed E-state index contributed by atoms with van der Waals surface area (Å²) in [4.78, 5) is 38.9. The van der Waals surface area contributed by atoms with Gasteiger partial charge in [-0.05, 0) is 42.1 Å². The zero-order valence-electron chi connectivity index (χ0n) is 16.7. The van der Waals surface area contributed by atoms with Crippen molar-refractivity contribution in [2.24, 2.45) is 0 Å². The highest BCUT2D eigenvalue weighted by molar-refractivity contribution is 9.10. The van der Waals surface area contributed by atoms with E-state index in [0.717, 1.165) is 9.86 Å². The number of benzene rings is 3. The fraction of sp³-hybridized carbons (Fsp3) is 0.208. The zero-order chi connectivity index (χ0) is 21.8. The van der Waals surface area contributed by atoms with Crippen molar-refractivity contribution in [1.29, 1.82) is 0 Å². The average Bonchev–Trinajstić information content (AvgIpc) is 2.77. The van der Waals surface area contributed by atoms with E-state index in [1.807, 2.05) is 36.4 Å². The van der Waals surface area contributed by atoms with E-state index < -0.39 is 5.97 Å². The van der Waals surface area contributed by atoms with E-state index in [-0.39, 0.29) is 38.0 Å². The van der Waals surface area contributed by atoms with Crippen LogP contribution in [0.3, 0.4) is 0 Å². The summed E-state index contributed by atoms with van der Waals surface area (Å²) in [6, 6.07) is 18.2. The molecule has 4 rings (SSSR count). The van der Waals surface area contributed by atoms with Crippen molar-refractivity contribution in [2.75, 3.05) is 19.8 Å². The third-order valence-corrected chi connectivity index (χ3v) is 5.52. The molecule has 1 heterocycles. The summed E-state index contributed by atoms with van der Waals surface area (Å²) in [7, 11) is 0. The Labute approximate surface area is 187 Å². The summed E-state index contributed by atoms with van der Waals surface area (Å²) < 4.78 is 11.6. The third kappa shape index (κ3) is 4.61. The molecule has 3 aromatic rings. The molecule has 31 heavy (non-hydrogen) atoms. The Morgan fingerprint density at radius 1 is 0.903 bits per heavy atom. The summed E-state index contributed by atoms with van der Waals surface area (Å²) in [6.07, 6.45) is 0.445.